The van der Waals surface area contributed by atoms with Crippen LogP contribution in [0.25, 0.3) is 120 Å². The van der Waals surface area contributed by atoms with Crippen LogP contribution >= 0.6 is 0 Å². The fourth-order valence-corrected chi connectivity index (χ4v) is 10.3. The van der Waals surface area contributed by atoms with Gasteiger partial charge in [-0.15, -0.1) is 0 Å². The number of pyridine rings is 2. The SMILES string of the molecule is CC(C)c1ccc(-c2c3ccccc3c3nc4ccc5c(-c6ccc(C(C)C)c7ccccc67)c6ccccc6c6nc7ccc2c3c7c4c56)c2ccccc12. The van der Waals surface area contributed by atoms with Gasteiger partial charge >= 0.3 is 0 Å². The normalized spacial score (nSPS) is 12.6. The third kappa shape index (κ3) is 4.11. The zero-order valence-electron chi connectivity index (χ0n) is 31.9. The average Bonchev–Trinajstić information content (AvgIpc) is 3.23. The Bertz CT molecular complexity index is 3350. The van der Waals surface area contributed by atoms with Crippen molar-refractivity contribution < 1.29 is 0 Å². The van der Waals surface area contributed by atoms with E-state index in [-0.39, 0.29) is 0 Å². The Hall–Kier alpha value is -6.64. The second-order valence-corrected chi connectivity index (χ2v) is 16.3. The van der Waals surface area contributed by atoms with E-state index in [0.29, 0.717) is 11.8 Å². The fraction of sp³-hybridized carbons (Fsp3) is 0.111. The van der Waals surface area contributed by atoms with Gasteiger partial charge in [0.15, 0.2) is 0 Å². The van der Waals surface area contributed by atoms with Crippen molar-refractivity contribution in [2.75, 3.05) is 0 Å². The Morgan fingerprint density at radius 2 is 0.661 bits per heavy atom. The average molecular weight is 715 g/mol. The van der Waals surface area contributed by atoms with Gasteiger partial charge in [-0.05, 0) is 100 Å². The van der Waals surface area contributed by atoms with Crippen LogP contribution in [0.5, 0.6) is 0 Å². The van der Waals surface area contributed by atoms with Crippen molar-refractivity contribution in [3.63, 3.8) is 0 Å². The quantitative estimate of drug-likeness (QED) is 0.134. The number of nitrogens with zero attached hydrogens (tertiary/aromatic N) is 2. The minimum Gasteiger partial charge on any atom is -0.247 e. The first-order chi connectivity index (χ1) is 27.5. The lowest BCUT2D eigenvalue weighted by atomic mass is 9.82. The van der Waals surface area contributed by atoms with Crippen LogP contribution < -0.4 is 0 Å². The predicted molar refractivity (Wildman–Crippen MR) is 241 cm³/mol. The summed E-state index contributed by atoms with van der Waals surface area (Å²) in [6.07, 6.45) is 0. The smallest absolute Gasteiger partial charge is 0.0801 e. The highest BCUT2D eigenvalue weighted by molar-refractivity contribution is 6.41. The van der Waals surface area contributed by atoms with E-state index in [0.717, 1.165) is 22.1 Å². The third-order valence-electron chi connectivity index (χ3n) is 12.7. The molecule has 2 nitrogen and oxygen atoms in total. The largest absolute Gasteiger partial charge is 0.247 e. The summed E-state index contributed by atoms with van der Waals surface area (Å²) in [5.74, 6) is 0.850. The molecule has 0 spiro atoms. The Kier molecular flexibility index (Phi) is 6.47. The molecule has 0 aliphatic rings. The van der Waals surface area contributed by atoms with Gasteiger partial charge in [-0.3, -0.25) is 0 Å². The van der Waals surface area contributed by atoms with E-state index in [2.05, 4.69) is 173 Å². The molecule has 0 aliphatic carbocycles. The molecule has 0 bridgehead atoms. The summed E-state index contributed by atoms with van der Waals surface area (Å²) in [7, 11) is 0. The maximum Gasteiger partial charge on any atom is 0.0801 e. The highest BCUT2D eigenvalue weighted by atomic mass is 14.7. The molecule has 2 aromatic heterocycles. The van der Waals surface area contributed by atoms with E-state index in [4.69, 9.17) is 9.97 Å². The van der Waals surface area contributed by atoms with Crippen LogP contribution in [0, 0.1) is 0 Å². The molecule has 2 heteroatoms. The van der Waals surface area contributed by atoms with Gasteiger partial charge in [0.2, 0.25) is 0 Å². The van der Waals surface area contributed by atoms with Gasteiger partial charge in [0, 0.05) is 32.3 Å². The molecule has 0 amide bonds. The van der Waals surface area contributed by atoms with Gasteiger partial charge in [0.25, 0.3) is 0 Å². The van der Waals surface area contributed by atoms with E-state index in [1.165, 1.54) is 109 Å². The highest BCUT2D eigenvalue weighted by Crippen LogP contribution is 2.51. The zero-order valence-corrected chi connectivity index (χ0v) is 31.9. The molecule has 0 fully saturated rings. The molecule has 2 heterocycles. The van der Waals surface area contributed by atoms with Crippen molar-refractivity contribution in [1.82, 2.24) is 9.97 Å². The third-order valence-corrected chi connectivity index (χ3v) is 12.7. The number of aromatic nitrogens is 2. The lowest BCUT2D eigenvalue weighted by Gasteiger charge is -2.23. The summed E-state index contributed by atoms with van der Waals surface area (Å²) >= 11 is 0. The highest BCUT2D eigenvalue weighted by Gasteiger charge is 2.26. The van der Waals surface area contributed by atoms with Crippen molar-refractivity contribution in [1.29, 1.82) is 0 Å². The van der Waals surface area contributed by atoms with Crippen molar-refractivity contribution in [2.24, 2.45) is 0 Å². The minimum atomic E-state index is 0.425. The van der Waals surface area contributed by atoms with Gasteiger partial charge in [-0.2, -0.15) is 0 Å². The topological polar surface area (TPSA) is 25.8 Å². The number of hydrogen-bond donors (Lipinski definition) is 0. The van der Waals surface area contributed by atoms with Gasteiger partial charge in [0.05, 0.1) is 22.1 Å². The Balaban J connectivity index is 1.28. The first-order valence-electron chi connectivity index (χ1n) is 20.0. The fourth-order valence-electron chi connectivity index (χ4n) is 10.3. The van der Waals surface area contributed by atoms with Crippen molar-refractivity contribution in [3.05, 3.63) is 157 Å². The van der Waals surface area contributed by atoms with E-state index in [1.54, 1.807) is 0 Å². The zero-order chi connectivity index (χ0) is 37.4. The standard InChI is InChI=1S/C54H38N2/c1-29(2)31-21-23-39(35-15-7-5-13-33(31)35)47-37-17-9-11-19-41(37)53-49-43(47)25-27-45-51(49)52-46(55-53)28-26-44-48(38-18-10-12-20-42(38)54(56-45)50(44)52)40-24-22-32(30(3)4)34-14-6-8-16-36(34)40/h5-30H,1-4H3. The molecule has 0 saturated carbocycles. The molecule has 12 rings (SSSR count). The first-order valence-corrected chi connectivity index (χ1v) is 20.0. The summed E-state index contributed by atoms with van der Waals surface area (Å²) in [5, 5.41) is 17.3. The van der Waals surface area contributed by atoms with E-state index < -0.39 is 0 Å². The summed E-state index contributed by atoms with van der Waals surface area (Å²) in [6.45, 7) is 9.16. The van der Waals surface area contributed by atoms with Crippen LogP contribution in [0.15, 0.2) is 146 Å². The number of rotatable bonds is 4. The summed E-state index contributed by atoms with van der Waals surface area (Å²) in [4.78, 5) is 11.3. The summed E-state index contributed by atoms with van der Waals surface area (Å²) in [6, 6.07) is 54.2. The number of fused-ring (bicyclic) bond motifs is 6. The molecule has 0 aliphatic heterocycles. The van der Waals surface area contributed by atoms with Gasteiger partial charge in [-0.1, -0.05) is 161 Å². The van der Waals surface area contributed by atoms with Crippen LogP contribution in [0.1, 0.15) is 50.7 Å². The van der Waals surface area contributed by atoms with Crippen LogP contribution in [0.4, 0.5) is 0 Å². The lowest BCUT2D eigenvalue weighted by Crippen LogP contribution is -1.99. The molecule has 0 atom stereocenters. The molecule has 0 N–H and O–H groups in total. The number of benzene rings is 10. The van der Waals surface area contributed by atoms with Crippen LogP contribution in [0.3, 0.4) is 0 Å². The van der Waals surface area contributed by atoms with E-state index in [1.807, 2.05) is 0 Å². The Morgan fingerprint density at radius 3 is 1.05 bits per heavy atom. The molecule has 0 radical (unpaired) electrons. The second-order valence-electron chi connectivity index (χ2n) is 16.3. The molecular weight excluding hydrogens is 677 g/mol. The van der Waals surface area contributed by atoms with Gasteiger partial charge < -0.3 is 0 Å². The van der Waals surface area contributed by atoms with E-state index in [9.17, 15) is 0 Å². The van der Waals surface area contributed by atoms with Crippen molar-refractivity contribution >= 4 is 97.5 Å². The molecule has 12 aromatic rings. The number of hydrogen-bond acceptors (Lipinski definition) is 2. The second kappa shape index (κ2) is 11.4. The minimum absolute atomic E-state index is 0.425. The Morgan fingerprint density at radius 1 is 0.304 bits per heavy atom. The lowest BCUT2D eigenvalue weighted by molar-refractivity contribution is 0.876. The maximum absolute atomic E-state index is 5.63. The molecule has 0 unspecified atom stereocenters. The van der Waals surface area contributed by atoms with Gasteiger partial charge in [0.1, 0.15) is 0 Å². The molecule has 10 aromatic carbocycles. The maximum atomic E-state index is 5.63. The molecule has 56 heavy (non-hydrogen) atoms. The summed E-state index contributed by atoms with van der Waals surface area (Å²) in [5.41, 5.74) is 11.9. The van der Waals surface area contributed by atoms with Crippen LogP contribution in [0.2, 0.25) is 0 Å². The van der Waals surface area contributed by atoms with Crippen LogP contribution in [-0.4, -0.2) is 9.97 Å². The van der Waals surface area contributed by atoms with Crippen molar-refractivity contribution in [2.45, 2.75) is 39.5 Å². The Labute approximate surface area is 324 Å². The monoisotopic (exact) mass is 714 g/mol. The summed E-state index contributed by atoms with van der Waals surface area (Å²) < 4.78 is 0. The first kappa shape index (κ1) is 31.7. The predicted octanol–water partition coefficient (Wildman–Crippen LogP) is 15.3. The van der Waals surface area contributed by atoms with Gasteiger partial charge in [-0.25, -0.2) is 9.97 Å². The molecule has 0 saturated heterocycles. The van der Waals surface area contributed by atoms with E-state index >= 15 is 0 Å². The molecule has 264 valence electrons. The van der Waals surface area contributed by atoms with Crippen molar-refractivity contribution in [3.8, 4) is 22.3 Å². The van der Waals surface area contributed by atoms with Crippen LogP contribution in [-0.2, 0) is 0 Å². The molecular formula is C54H38N2.